The molecule has 1 aliphatic carbocycles. The lowest BCUT2D eigenvalue weighted by atomic mass is 9.93. The van der Waals surface area contributed by atoms with E-state index in [1.54, 1.807) is 0 Å². The first-order chi connectivity index (χ1) is 16.9. The molecule has 0 atom stereocenters. The zero-order valence-electron chi connectivity index (χ0n) is 18.9. The van der Waals surface area contributed by atoms with Crippen molar-refractivity contribution in [3.05, 3.63) is 29.1 Å². The molecule has 12 nitrogen and oxygen atoms in total. The van der Waals surface area contributed by atoms with Crippen molar-refractivity contribution in [2.45, 2.75) is 25.7 Å². The molecule has 2 aliphatic heterocycles. The lowest BCUT2D eigenvalue weighted by Crippen LogP contribution is -2.39. The average Bonchev–Trinajstić information content (AvgIpc) is 3.05. The smallest absolute Gasteiger partial charge is 0.339 e. The van der Waals surface area contributed by atoms with E-state index >= 15 is 0 Å². The van der Waals surface area contributed by atoms with E-state index in [1.165, 1.54) is 11.0 Å². The number of hydrogen-bond acceptors (Lipinski definition) is 7. The number of carboxylic acids is 1. The van der Waals surface area contributed by atoms with Crippen molar-refractivity contribution in [3.63, 3.8) is 0 Å². The normalized spacial score (nSPS) is 17.1. The highest BCUT2D eigenvalue weighted by Gasteiger charge is 2.41. The van der Waals surface area contributed by atoms with E-state index < -0.39 is 44.0 Å². The number of rotatable bonds is 6. The Bertz CT molecular complexity index is 1210. The Labute approximate surface area is 204 Å². The molecule has 192 valence electrons. The molecule has 0 aromatic heterocycles. The molecular formula is C22H23FN3O9P. The van der Waals surface area contributed by atoms with Gasteiger partial charge in [-0.05, 0) is 31.7 Å². The number of halogens is 1. The summed E-state index contributed by atoms with van der Waals surface area (Å²) in [5, 5.41) is 10.1. The molecule has 0 radical (unpaired) electrons. The molecule has 3 aliphatic rings. The van der Waals surface area contributed by atoms with Gasteiger partial charge in [0.25, 0.3) is 17.7 Å². The summed E-state index contributed by atoms with van der Waals surface area (Å²) in [6.07, 6.45) is 7.41. The summed E-state index contributed by atoms with van der Waals surface area (Å²) >= 11 is 0. The number of nitrogens with one attached hydrogen (secondary N) is 1. The third-order valence-electron chi connectivity index (χ3n) is 5.45. The van der Waals surface area contributed by atoms with Gasteiger partial charge in [0.05, 0.1) is 30.8 Å². The van der Waals surface area contributed by atoms with Gasteiger partial charge in [0, 0.05) is 17.2 Å². The second-order valence-electron chi connectivity index (χ2n) is 8.00. The number of hydrogen-bond donors (Lipinski definition) is 4. The maximum absolute atomic E-state index is 14.7. The minimum Gasteiger partial charge on any atom is -0.481 e. The van der Waals surface area contributed by atoms with Crippen molar-refractivity contribution in [3.8, 4) is 18.1 Å². The topological polar surface area (TPSA) is 174 Å². The van der Waals surface area contributed by atoms with Gasteiger partial charge >= 0.3 is 13.6 Å². The van der Waals surface area contributed by atoms with Gasteiger partial charge in [-0.15, -0.1) is 6.42 Å². The number of terminal acetylenes is 1. The molecule has 0 spiro atoms. The number of carbonyl (C=O) groups excluding carboxylic acids is 3. The van der Waals surface area contributed by atoms with Gasteiger partial charge in [0.2, 0.25) is 0 Å². The molecule has 4 rings (SSSR count). The molecule has 0 bridgehead atoms. The van der Waals surface area contributed by atoms with Crippen LogP contribution in [-0.2, 0) is 23.7 Å². The fourth-order valence-corrected chi connectivity index (χ4v) is 4.32. The third-order valence-corrected chi connectivity index (χ3v) is 6.08. The van der Waals surface area contributed by atoms with Crippen molar-refractivity contribution in [2.75, 3.05) is 35.8 Å². The molecule has 0 fully saturated rings. The number of aliphatic carboxylic acids is 1. The summed E-state index contributed by atoms with van der Waals surface area (Å²) in [5.74, 6) is -0.739. The molecule has 3 amide bonds. The molecular weight excluding hydrogens is 500 g/mol. The van der Waals surface area contributed by atoms with Crippen LogP contribution in [0.5, 0.6) is 5.75 Å². The first kappa shape index (κ1) is 27.0. The van der Waals surface area contributed by atoms with Gasteiger partial charge < -0.3 is 19.6 Å². The number of anilines is 2. The Kier molecular flexibility index (Phi) is 8.27. The van der Waals surface area contributed by atoms with E-state index in [1.807, 2.05) is 0 Å². The van der Waals surface area contributed by atoms with Crippen LogP contribution in [-0.4, -0.2) is 64.6 Å². The lowest BCUT2D eigenvalue weighted by Gasteiger charge is -2.29. The van der Waals surface area contributed by atoms with Crippen LogP contribution in [0.25, 0.3) is 0 Å². The van der Waals surface area contributed by atoms with E-state index in [2.05, 4.69) is 11.2 Å². The van der Waals surface area contributed by atoms with Crippen LogP contribution in [0, 0.1) is 18.2 Å². The standard InChI is InChI=1S/C19H15FN2O4.C3H8NO5P/c1-2-7-21-15-9-14(13(20)8-16(15)26-10-17(21)23)22-18(24)11-5-3-4-6-12(11)19(22)25;5-3(6)1-4-2-10(7,8)9/h1,8-9H,3-7,10H2;4H,1-2H2,(H,5,6)(H2,7,8,9). The molecule has 4 N–H and O–H groups in total. The molecule has 1 aromatic carbocycles. The fourth-order valence-electron chi connectivity index (χ4n) is 3.91. The van der Waals surface area contributed by atoms with Gasteiger partial charge in [0.1, 0.15) is 5.75 Å². The number of carbonyl (C=O) groups is 4. The molecule has 0 saturated carbocycles. The van der Waals surface area contributed by atoms with E-state index in [0.717, 1.165) is 23.8 Å². The van der Waals surface area contributed by atoms with Crippen molar-refractivity contribution in [2.24, 2.45) is 0 Å². The van der Waals surface area contributed by atoms with E-state index in [4.69, 9.17) is 26.1 Å². The number of carboxylic acid groups (broad SMARTS) is 1. The van der Waals surface area contributed by atoms with Crippen LogP contribution >= 0.6 is 7.60 Å². The third kappa shape index (κ3) is 5.98. The van der Waals surface area contributed by atoms with Crippen LogP contribution < -0.4 is 19.9 Å². The lowest BCUT2D eigenvalue weighted by molar-refractivity contribution is -0.136. The van der Waals surface area contributed by atoms with Crippen LogP contribution in [0.3, 0.4) is 0 Å². The van der Waals surface area contributed by atoms with Crippen molar-refractivity contribution < 1.29 is 47.8 Å². The second kappa shape index (κ2) is 11.0. The Morgan fingerprint density at radius 1 is 1.14 bits per heavy atom. The number of nitrogens with zero attached hydrogens (tertiary/aromatic N) is 2. The quantitative estimate of drug-likeness (QED) is 0.236. The van der Waals surface area contributed by atoms with Crippen molar-refractivity contribution in [1.29, 1.82) is 0 Å². The highest BCUT2D eigenvalue weighted by Crippen LogP contribution is 2.41. The van der Waals surface area contributed by atoms with Crippen molar-refractivity contribution >= 4 is 42.7 Å². The largest absolute Gasteiger partial charge is 0.481 e. The van der Waals surface area contributed by atoms with Crippen molar-refractivity contribution in [1.82, 2.24) is 5.32 Å². The number of amides is 3. The number of ether oxygens (including phenoxy) is 1. The summed E-state index contributed by atoms with van der Waals surface area (Å²) < 4.78 is 30.0. The van der Waals surface area contributed by atoms with Crippen LogP contribution in [0.2, 0.25) is 0 Å². The van der Waals surface area contributed by atoms with Crippen LogP contribution in [0.1, 0.15) is 25.7 Å². The van der Waals surface area contributed by atoms with Crippen LogP contribution in [0.4, 0.5) is 15.8 Å². The Morgan fingerprint density at radius 2 is 1.75 bits per heavy atom. The summed E-state index contributed by atoms with van der Waals surface area (Å²) in [6.45, 7) is -0.701. The Balaban J connectivity index is 0.000000308. The molecule has 14 heteroatoms. The summed E-state index contributed by atoms with van der Waals surface area (Å²) in [4.78, 5) is 65.7. The zero-order chi connectivity index (χ0) is 26.6. The number of fused-ring (bicyclic) bond motifs is 1. The van der Waals surface area contributed by atoms with Gasteiger partial charge in [-0.25, -0.2) is 9.29 Å². The average molecular weight is 523 g/mol. The highest BCUT2D eigenvalue weighted by molar-refractivity contribution is 7.51. The zero-order valence-corrected chi connectivity index (χ0v) is 19.8. The molecule has 2 heterocycles. The first-order valence-electron chi connectivity index (χ1n) is 10.7. The number of imide groups is 1. The second-order valence-corrected chi connectivity index (χ2v) is 9.64. The van der Waals surface area contributed by atoms with E-state index in [9.17, 15) is 28.1 Å². The minimum atomic E-state index is -4.10. The maximum atomic E-state index is 14.7. The minimum absolute atomic E-state index is 0.0170. The van der Waals surface area contributed by atoms with Gasteiger partial charge in [-0.2, -0.15) is 0 Å². The van der Waals surface area contributed by atoms with E-state index in [-0.39, 0.29) is 36.2 Å². The first-order valence-corrected chi connectivity index (χ1v) is 12.5. The maximum Gasteiger partial charge on any atom is 0.339 e. The molecule has 0 saturated heterocycles. The molecule has 0 unspecified atom stereocenters. The summed E-state index contributed by atoms with van der Waals surface area (Å²) in [6, 6.07) is 2.37. The van der Waals surface area contributed by atoms with Crippen LogP contribution in [0.15, 0.2) is 23.3 Å². The number of benzene rings is 1. The fraction of sp³-hybridized carbons (Fsp3) is 0.364. The highest BCUT2D eigenvalue weighted by atomic mass is 31.2. The van der Waals surface area contributed by atoms with Gasteiger partial charge in [0.15, 0.2) is 12.4 Å². The van der Waals surface area contributed by atoms with Gasteiger partial charge in [-0.3, -0.25) is 34.0 Å². The Morgan fingerprint density at radius 3 is 2.28 bits per heavy atom. The van der Waals surface area contributed by atoms with Gasteiger partial charge in [-0.1, -0.05) is 5.92 Å². The molecule has 36 heavy (non-hydrogen) atoms. The predicted molar refractivity (Wildman–Crippen MR) is 124 cm³/mol. The SMILES string of the molecule is C#CCN1C(=O)COc2cc(F)c(N3C(=O)C4=C(CCCC4)C3=O)cc21.O=C(O)CNCP(=O)(O)O. The predicted octanol–water partition coefficient (Wildman–Crippen LogP) is 0.724. The van der Waals surface area contributed by atoms with E-state index in [0.29, 0.717) is 24.0 Å². The summed E-state index contributed by atoms with van der Waals surface area (Å²) in [5.41, 5.74) is 0.992. The Hall–Kier alpha value is -3.56. The summed E-state index contributed by atoms with van der Waals surface area (Å²) in [7, 11) is -4.10. The monoisotopic (exact) mass is 523 g/mol. The molecule has 1 aromatic rings.